The zero-order chi connectivity index (χ0) is 22.0. The van der Waals surface area contributed by atoms with Gasteiger partial charge in [-0.2, -0.15) is 0 Å². The third-order valence-electron chi connectivity index (χ3n) is 6.24. The minimum absolute atomic E-state index is 0.120. The molecule has 2 aromatic rings. The van der Waals surface area contributed by atoms with Crippen molar-refractivity contribution in [1.29, 1.82) is 0 Å². The summed E-state index contributed by atoms with van der Waals surface area (Å²) in [7, 11) is 0. The minimum atomic E-state index is -0.909. The van der Waals surface area contributed by atoms with Gasteiger partial charge >= 0.3 is 6.03 Å². The van der Waals surface area contributed by atoms with E-state index in [1.165, 1.54) is 4.90 Å². The largest absolute Gasteiger partial charge is 0.338 e. The monoisotopic (exact) mass is 416 g/mol. The Morgan fingerprint density at radius 1 is 1.03 bits per heavy atom. The van der Waals surface area contributed by atoms with Crippen LogP contribution < -0.4 is 0 Å². The number of rotatable bonds is 4. The van der Waals surface area contributed by atoms with Gasteiger partial charge < -0.3 is 9.80 Å². The highest BCUT2D eigenvalue weighted by molar-refractivity contribution is 6.07. The van der Waals surface area contributed by atoms with Gasteiger partial charge in [0.25, 0.3) is 11.8 Å². The van der Waals surface area contributed by atoms with E-state index in [4.69, 9.17) is 6.57 Å². The lowest BCUT2D eigenvalue weighted by Gasteiger charge is -2.42. The number of likely N-dealkylation sites (tertiary alicyclic amines) is 1. The van der Waals surface area contributed by atoms with Crippen LogP contribution in [-0.4, -0.2) is 57.7 Å². The van der Waals surface area contributed by atoms with E-state index < -0.39 is 5.54 Å². The molecular formula is C24H24N4O3. The summed E-state index contributed by atoms with van der Waals surface area (Å²) in [6.45, 7) is 10.3. The summed E-state index contributed by atoms with van der Waals surface area (Å²) in [5.74, 6) is -0.283. The quantitative estimate of drug-likeness (QED) is 0.564. The predicted molar refractivity (Wildman–Crippen MR) is 115 cm³/mol. The average molecular weight is 416 g/mol. The molecule has 2 aliphatic rings. The maximum absolute atomic E-state index is 13.3. The van der Waals surface area contributed by atoms with Crippen LogP contribution in [0.4, 0.5) is 10.5 Å². The first-order chi connectivity index (χ1) is 15.0. The van der Waals surface area contributed by atoms with Crippen LogP contribution in [0.5, 0.6) is 0 Å². The van der Waals surface area contributed by atoms with E-state index >= 15 is 0 Å². The van der Waals surface area contributed by atoms with Crippen LogP contribution in [0.15, 0.2) is 54.6 Å². The topological polar surface area (TPSA) is 65.3 Å². The van der Waals surface area contributed by atoms with Gasteiger partial charge in [-0.15, -0.1) is 0 Å². The highest BCUT2D eigenvalue weighted by Gasteiger charge is 2.57. The number of carbonyl (C=O) groups is 3. The van der Waals surface area contributed by atoms with Crippen molar-refractivity contribution in [3.63, 3.8) is 0 Å². The normalized spacial score (nSPS) is 17.9. The fraction of sp³-hybridized carbons (Fsp3) is 0.333. The van der Waals surface area contributed by atoms with Crippen molar-refractivity contribution in [2.45, 2.75) is 31.8 Å². The molecule has 2 heterocycles. The van der Waals surface area contributed by atoms with Gasteiger partial charge in [0.2, 0.25) is 0 Å². The lowest BCUT2D eigenvalue weighted by molar-refractivity contribution is -0.135. The smallest absolute Gasteiger partial charge is 0.327 e. The molecule has 0 bridgehead atoms. The summed E-state index contributed by atoms with van der Waals surface area (Å²) < 4.78 is 0. The molecule has 31 heavy (non-hydrogen) atoms. The zero-order valence-electron chi connectivity index (χ0n) is 17.5. The van der Waals surface area contributed by atoms with Crippen LogP contribution in [0, 0.1) is 6.57 Å². The minimum Gasteiger partial charge on any atom is -0.338 e. The van der Waals surface area contributed by atoms with Crippen molar-refractivity contribution in [2.75, 3.05) is 19.6 Å². The van der Waals surface area contributed by atoms with Crippen molar-refractivity contribution in [3.8, 4) is 0 Å². The Balaban J connectivity index is 1.54. The highest BCUT2D eigenvalue weighted by atomic mass is 16.2. The molecule has 0 atom stereocenters. The van der Waals surface area contributed by atoms with E-state index in [1.807, 2.05) is 30.3 Å². The van der Waals surface area contributed by atoms with Crippen LogP contribution in [0.25, 0.3) is 4.85 Å². The van der Waals surface area contributed by atoms with Crippen molar-refractivity contribution in [2.24, 2.45) is 0 Å². The number of hydrogen-bond donors (Lipinski definition) is 0. The molecule has 7 nitrogen and oxygen atoms in total. The summed E-state index contributed by atoms with van der Waals surface area (Å²) in [4.78, 5) is 47.3. The number of benzene rings is 2. The highest BCUT2D eigenvalue weighted by Crippen LogP contribution is 2.38. The first-order valence-corrected chi connectivity index (χ1v) is 10.4. The number of imide groups is 1. The van der Waals surface area contributed by atoms with Gasteiger partial charge in [0.1, 0.15) is 5.54 Å². The van der Waals surface area contributed by atoms with Gasteiger partial charge in [-0.25, -0.2) is 9.64 Å². The second-order valence-corrected chi connectivity index (χ2v) is 7.89. The lowest BCUT2D eigenvalue weighted by atomic mass is 9.85. The van der Waals surface area contributed by atoms with Gasteiger partial charge in [0.05, 0.1) is 6.57 Å². The summed E-state index contributed by atoms with van der Waals surface area (Å²) in [5, 5.41) is 0. The third kappa shape index (κ3) is 3.55. The molecule has 0 radical (unpaired) electrons. The van der Waals surface area contributed by atoms with Crippen LogP contribution in [0.1, 0.15) is 35.7 Å². The maximum Gasteiger partial charge on any atom is 0.327 e. The molecule has 1 spiro atoms. The van der Waals surface area contributed by atoms with E-state index in [0.717, 1.165) is 5.56 Å². The molecule has 158 valence electrons. The standard InChI is InChI=1S/C24H24N4O3/c1-3-27-22(30)24(28(23(27)31)17-18-7-5-4-6-8-18)13-15-26(16-14-24)21(29)19-9-11-20(25-2)12-10-19/h4-12H,3,13-17H2,1H3. The molecule has 4 rings (SSSR count). The van der Waals surface area contributed by atoms with Crippen molar-refractivity contribution < 1.29 is 14.4 Å². The van der Waals surface area contributed by atoms with Gasteiger partial charge in [-0.05, 0) is 25.3 Å². The Morgan fingerprint density at radius 3 is 2.26 bits per heavy atom. The molecule has 0 aliphatic carbocycles. The fourth-order valence-corrected chi connectivity index (χ4v) is 4.47. The van der Waals surface area contributed by atoms with Gasteiger partial charge in [0.15, 0.2) is 5.69 Å². The Labute approximate surface area is 181 Å². The number of likely N-dealkylation sites (N-methyl/N-ethyl adjacent to an activating group) is 1. The van der Waals surface area contributed by atoms with Crippen LogP contribution in [0.2, 0.25) is 0 Å². The van der Waals surface area contributed by atoms with Crippen molar-refractivity contribution in [3.05, 3.63) is 77.1 Å². The summed E-state index contributed by atoms with van der Waals surface area (Å²) >= 11 is 0. The van der Waals surface area contributed by atoms with Crippen molar-refractivity contribution >= 4 is 23.5 Å². The molecule has 0 saturated carbocycles. The first kappa shape index (κ1) is 20.6. The summed E-state index contributed by atoms with van der Waals surface area (Å²) in [6, 6.07) is 16.0. The Kier molecular flexibility index (Phi) is 5.47. The number of amides is 4. The lowest BCUT2D eigenvalue weighted by Crippen LogP contribution is -2.57. The van der Waals surface area contributed by atoms with E-state index in [9.17, 15) is 14.4 Å². The van der Waals surface area contributed by atoms with E-state index in [2.05, 4.69) is 4.85 Å². The van der Waals surface area contributed by atoms with E-state index in [1.54, 1.807) is 41.0 Å². The number of hydrogen-bond acceptors (Lipinski definition) is 3. The Bertz CT molecular complexity index is 1030. The molecule has 0 aromatic heterocycles. The van der Waals surface area contributed by atoms with Crippen LogP contribution in [-0.2, 0) is 11.3 Å². The zero-order valence-corrected chi connectivity index (χ0v) is 17.5. The summed E-state index contributed by atoms with van der Waals surface area (Å²) in [6.07, 6.45) is 0.819. The molecule has 2 fully saturated rings. The first-order valence-electron chi connectivity index (χ1n) is 10.4. The average Bonchev–Trinajstić information content (AvgIpc) is 3.00. The second-order valence-electron chi connectivity index (χ2n) is 7.89. The number of carbonyl (C=O) groups excluding carboxylic acids is 3. The number of urea groups is 1. The molecule has 0 unspecified atom stereocenters. The van der Waals surface area contributed by atoms with Gasteiger partial charge in [-0.3, -0.25) is 14.5 Å². The van der Waals surface area contributed by atoms with E-state index in [-0.39, 0.29) is 17.8 Å². The molecule has 2 aromatic carbocycles. The SMILES string of the molecule is [C-]#[N+]c1ccc(C(=O)N2CCC3(CC2)C(=O)N(CC)C(=O)N3Cc2ccccc2)cc1. The number of piperidine rings is 1. The Morgan fingerprint density at radius 2 is 1.68 bits per heavy atom. The fourth-order valence-electron chi connectivity index (χ4n) is 4.47. The predicted octanol–water partition coefficient (Wildman–Crippen LogP) is 3.70. The van der Waals surface area contributed by atoms with Crippen LogP contribution in [0.3, 0.4) is 0 Å². The molecule has 7 heteroatoms. The summed E-state index contributed by atoms with van der Waals surface area (Å²) in [5.41, 5.74) is 1.07. The van der Waals surface area contributed by atoms with E-state index in [0.29, 0.717) is 50.3 Å². The molecule has 2 aliphatic heterocycles. The molecule has 4 amide bonds. The second kappa shape index (κ2) is 8.23. The molecular weight excluding hydrogens is 392 g/mol. The van der Waals surface area contributed by atoms with Crippen molar-refractivity contribution in [1.82, 2.24) is 14.7 Å². The van der Waals surface area contributed by atoms with Gasteiger partial charge in [0, 0.05) is 31.7 Å². The Hall–Kier alpha value is -3.66. The molecule has 2 saturated heterocycles. The molecule has 0 N–H and O–H groups in total. The van der Waals surface area contributed by atoms with Crippen LogP contribution >= 0.6 is 0 Å². The third-order valence-corrected chi connectivity index (χ3v) is 6.24. The number of nitrogens with zero attached hydrogens (tertiary/aromatic N) is 4. The maximum atomic E-state index is 13.3. The van der Waals surface area contributed by atoms with Gasteiger partial charge in [-0.1, -0.05) is 54.6 Å².